The van der Waals surface area contributed by atoms with Gasteiger partial charge in [0, 0.05) is 16.1 Å². The minimum Gasteiger partial charge on any atom is -0.502 e. The first-order chi connectivity index (χ1) is 12.3. The Morgan fingerprint density at radius 1 is 1.42 bits per heavy atom. The molecule has 0 saturated heterocycles. The molecule has 2 aromatic rings. The third-order valence-electron chi connectivity index (χ3n) is 3.59. The fourth-order valence-electron chi connectivity index (χ4n) is 2.07. The fraction of sp³-hybridized carbons (Fsp3) is 0.176. The molecule has 0 unspecified atom stereocenters. The summed E-state index contributed by atoms with van der Waals surface area (Å²) in [6, 6.07) is 8.14. The number of nitro benzene ring substituents is 1. The average Bonchev–Trinajstić information content (AvgIpc) is 2.58. The molecule has 1 amide bonds. The monoisotopic (exact) mass is 421 g/mol. The second kappa shape index (κ2) is 8.43. The van der Waals surface area contributed by atoms with Crippen LogP contribution in [-0.4, -0.2) is 28.8 Å². The van der Waals surface area contributed by atoms with Crippen molar-refractivity contribution in [1.82, 2.24) is 5.43 Å². The van der Waals surface area contributed by atoms with Gasteiger partial charge in [-0.25, -0.2) is 5.43 Å². The van der Waals surface area contributed by atoms with Crippen LogP contribution in [0.5, 0.6) is 11.5 Å². The second-order valence-electron chi connectivity index (χ2n) is 5.40. The van der Waals surface area contributed by atoms with E-state index < -0.39 is 22.3 Å². The molecule has 0 heterocycles. The summed E-state index contributed by atoms with van der Waals surface area (Å²) >= 11 is 3.12. The summed E-state index contributed by atoms with van der Waals surface area (Å²) < 4.78 is 5.84. The third-order valence-corrected chi connectivity index (χ3v) is 4.05. The molecule has 0 aromatic heterocycles. The highest BCUT2D eigenvalue weighted by Gasteiger charge is 2.17. The fourth-order valence-corrected chi connectivity index (χ4v) is 2.54. The van der Waals surface area contributed by atoms with E-state index in [4.69, 9.17) is 4.74 Å². The molecule has 8 nitrogen and oxygen atoms in total. The number of phenols is 1. The van der Waals surface area contributed by atoms with Crippen LogP contribution in [0.15, 0.2) is 39.9 Å². The van der Waals surface area contributed by atoms with Gasteiger partial charge in [0.15, 0.2) is 6.61 Å². The smallest absolute Gasteiger partial charge is 0.312 e. The van der Waals surface area contributed by atoms with Crippen molar-refractivity contribution >= 4 is 33.7 Å². The Hall–Kier alpha value is -2.94. The largest absolute Gasteiger partial charge is 0.502 e. The number of benzene rings is 2. The molecule has 0 spiro atoms. The average molecular weight is 422 g/mol. The van der Waals surface area contributed by atoms with Gasteiger partial charge in [-0.1, -0.05) is 28.1 Å². The van der Waals surface area contributed by atoms with Gasteiger partial charge >= 0.3 is 5.69 Å². The predicted molar refractivity (Wildman–Crippen MR) is 99.6 cm³/mol. The zero-order chi connectivity index (χ0) is 19.3. The minimum atomic E-state index is -0.714. The summed E-state index contributed by atoms with van der Waals surface area (Å²) in [5, 5.41) is 24.4. The van der Waals surface area contributed by atoms with Crippen molar-refractivity contribution in [2.75, 3.05) is 6.61 Å². The molecule has 0 radical (unpaired) electrons. The Balaban J connectivity index is 1.99. The van der Waals surface area contributed by atoms with Gasteiger partial charge in [-0.05, 0) is 37.1 Å². The molecular weight excluding hydrogens is 406 g/mol. The summed E-state index contributed by atoms with van der Waals surface area (Å²) in [6.07, 6.45) is 1.11. The number of nitro groups is 1. The molecule has 26 heavy (non-hydrogen) atoms. The highest BCUT2D eigenvalue weighted by molar-refractivity contribution is 9.10. The number of aryl methyl sites for hydroxylation is 1. The maximum atomic E-state index is 11.8. The maximum Gasteiger partial charge on any atom is 0.312 e. The Morgan fingerprint density at radius 2 is 2.15 bits per heavy atom. The van der Waals surface area contributed by atoms with Crippen molar-refractivity contribution in [3.05, 3.63) is 61.6 Å². The van der Waals surface area contributed by atoms with Gasteiger partial charge in [-0.15, -0.1) is 0 Å². The molecule has 0 bridgehead atoms. The number of carbonyl (C=O) groups is 1. The molecule has 0 aliphatic carbocycles. The van der Waals surface area contributed by atoms with Crippen molar-refractivity contribution in [3.63, 3.8) is 0 Å². The van der Waals surface area contributed by atoms with Gasteiger partial charge in [0.05, 0.1) is 11.1 Å². The van der Waals surface area contributed by atoms with E-state index in [0.717, 1.165) is 17.3 Å². The van der Waals surface area contributed by atoms with Gasteiger partial charge in [-0.3, -0.25) is 14.9 Å². The Morgan fingerprint density at radius 3 is 2.85 bits per heavy atom. The van der Waals surface area contributed by atoms with Gasteiger partial charge in [0.2, 0.25) is 5.75 Å². The van der Waals surface area contributed by atoms with Crippen LogP contribution in [0.3, 0.4) is 0 Å². The molecule has 0 saturated carbocycles. The number of aromatic hydroxyl groups is 1. The van der Waals surface area contributed by atoms with E-state index in [2.05, 4.69) is 26.5 Å². The van der Waals surface area contributed by atoms with Gasteiger partial charge < -0.3 is 9.84 Å². The van der Waals surface area contributed by atoms with Crippen molar-refractivity contribution in [3.8, 4) is 11.5 Å². The highest BCUT2D eigenvalue weighted by Crippen LogP contribution is 2.32. The summed E-state index contributed by atoms with van der Waals surface area (Å²) in [4.78, 5) is 22.0. The van der Waals surface area contributed by atoms with Crippen LogP contribution in [0.4, 0.5) is 5.69 Å². The van der Waals surface area contributed by atoms with E-state index in [1.807, 2.05) is 26.0 Å². The topological polar surface area (TPSA) is 114 Å². The van der Waals surface area contributed by atoms with Crippen LogP contribution in [0.1, 0.15) is 16.7 Å². The Labute approximate surface area is 157 Å². The number of hydrogen-bond donors (Lipinski definition) is 2. The number of hydrazone groups is 1. The number of ether oxygens (including phenoxy) is 1. The lowest BCUT2D eigenvalue weighted by atomic mass is 10.1. The maximum absolute atomic E-state index is 11.8. The van der Waals surface area contributed by atoms with E-state index in [1.54, 1.807) is 6.07 Å². The first-order valence-corrected chi connectivity index (χ1v) is 8.26. The van der Waals surface area contributed by atoms with Crippen molar-refractivity contribution in [2.24, 2.45) is 5.10 Å². The number of nitrogens with one attached hydrogen (secondary N) is 1. The summed E-state index contributed by atoms with van der Waals surface area (Å²) in [5.41, 5.74) is 3.85. The number of carbonyl (C=O) groups excluding carboxylic acids is 1. The van der Waals surface area contributed by atoms with Gasteiger partial charge in [0.25, 0.3) is 5.91 Å². The van der Waals surface area contributed by atoms with Crippen LogP contribution in [0.25, 0.3) is 0 Å². The van der Waals surface area contributed by atoms with Crippen LogP contribution in [-0.2, 0) is 4.79 Å². The van der Waals surface area contributed by atoms with E-state index >= 15 is 0 Å². The zero-order valence-corrected chi connectivity index (χ0v) is 15.6. The van der Waals surface area contributed by atoms with E-state index in [9.17, 15) is 20.0 Å². The molecular formula is C17H16BrN3O5. The van der Waals surface area contributed by atoms with E-state index in [1.165, 1.54) is 12.1 Å². The van der Waals surface area contributed by atoms with E-state index in [-0.39, 0.29) is 12.2 Å². The summed E-state index contributed by atoms with van der Waals surface area (Å²) in [7, 11) is 0. The highest BCUT2D eigenvalue weighted by atomic mass is 79.9. The standard InChI is InChI=1S/C17H16BrN3O5/c1-10-4-3-5-15(11(10)2)26-9-16(22)20-19-8-12-6-13(18)7-14(17(12)23)21(24)25/h3-8,23H,9H2,1-2H3,(H,20,22)/b19-8-. The molecule has 2 N–H and O–H groups in total. The number of nitrogens with zero attached hydrogens (tertiary/aromatic N) is 2. The first kappa shape index (κ1) is 19.4. The normalized spacial score (nSPS) is 10.7. The lowest BCUT2D eigenvalue weighted by Crippen LogP contribution is -2.24. The van der Waals surface area contributed by atoms with Crippen molar-refractivity contribution in [1.29, 1.82) is 0 Å². The number of amides is 1. The molecule has 0 aliphatic rings. The SMILES string of the molecule is Cc1cccc(OCC(=O)N/N=C\c2cc(Br)cc([N+](=O)[O-])c2O)c1C. The molecule has 2 rings (SSSR count). The number of halogens is 1. The Bertz CT molecular complexity index is 883. The molecule has 2 aromatic carbocycles. The van der Waals surface area contributed by atoms with Crippen LogP contribution < -0.4 is 10.2 Å². The lowest BCUT2D eigenvalue weighted by molar-refractivity contribution is -0.385. The third kappa shape index (κ3) is 4.79. The molecule has 9 heteroatoms. The first-order valence-electron chi connectivity index (χ1n) is 7.47. The molecule has 0 aliphatic heterocycles. The summed E-state index contributed by atoms with van der Waals surface area (Å²) in [6.45, 7) is 3.59. The summed E-state index contributed by atoms with van der Waals surface area (Å²) in [5.74, 6) is -0.446. The molecule has 136 valence electrons. The van der Waals surface area contributed by atoms with Crippen molar-refractivity contribution < 1.29 is 19.6 Å². The number of hydrogen-bond acceptors (Lipinski definition) is 6. The van der Waals surface area contributed by atoms with Gasteiger partial charge in [0.1, 0.15) is 5.75 Å². The van der Waals surface area contributed by atoms with Gasteiger partial charge in [-0.2, -0.15) is 5.10 Å². The minimum absolute atomic E-state index is 0.0850. The second-order valence-corrected chi connectivity index (χ2v) is 6.32. The molecule has 0 atom stereocenters. The van der Waals surface area contributed by atoms with Crippen molar-refractivity contribution in [2.45, 2.75) is 13.8 Å². The van der Waals surface area contributed by atoms with Crippen LogP contribution in [0.2, 0.25) is 0 Å². The van der Waals surface area contributed by atoms with Crippen LogP contribution >= 0.6 is 15.9 Å². The number of rotatable bonds is 6. The zero-order valence-electron chi connectivity index (χ0n) is 14.0. The van der Waals surface area contributed by atoms with Crippen LogP contribution in [0, 0.1) is 24.0 Å². The number of phenolic OH excluding ortho intramolecular Hbond substituents is 1. The Kier molecular flexibility index (Phi) is 6.29. The lowest BCUT2D eigenvalue weighted by Gasteiger charge is -2.09. The van der Waals surface area contributed by atoms with E-state index in [0.29, 0.717) is 10.2 Å². The predicted octanol–water partition coefficient (Wildman–Crippen LogP) is 3.21. The quantitative estimate of drug-likeness (QED) is 0.422. The molecule has 0 fully saturated rings.